The molecular weight excluding hydrogens is 468 g/mol. The van der Waals surface area contributed by atoms with Crippen molar-refractivity contribution in [3.63, 3.8) is 0 Å². The van der Waals surface area contributed by atoms with E-state index in [0.717, 1.165) is 26.5 Å². The van der Waals surface area contributed by atoms with Crippen LogP contribution in [0.5, 0.6) is 0 Å². The molecule has 160 valence electrons. The molecular formula is C22H15F2N5S3. The number of hydrogen-bond donors (Lipinski definition) is 0. The van der Waals surface area contributed by atoms with Crippen LogP contribution in [-0.4, -0.2) is 30.5 Å². The number of para-hydroxylation sites is 1. The van der Waals surface area contributed by atoms with Crippen LogP contribution in [0.3, 0.4) is 0 Å². The van der Waals surface area contributed by atoms with E-state index >= 15 is 0 Å². The first kappa shape index (κ1) is 21.0. The fraction of sp³-hybridized carbons (Fsp3) is 0.0909. The molecule has 0 amide bonds. The third kappa shape index (κ3) is 4.52. The molecule has 10 heteroatoms. The number of fused-ring (bicyclic) bond motifs is 1. The minimum absolute atomic E-state index is 0.503. The van der Waals surface area contributed by atoms with Crippen LogP contribution >= 0.6 is 34.9 Å². The predicted octanol–water partition coefficient (Wildman–Crippen LogP) is 6.55. The second-order valence-electron chi connectivity index (χ2n) is 6.62. The minimum atomic E-state index is -2.46. The molecule has 0 bridgehead atoms. The van der Waals surface area contributed by atoms with E-state index in [1.54, 1.807) is 48.0 Å². The molecule has 0 unspecified atom stereocenters. The fourth-order valence-corrected chi connectivity index (χ4v) is 5.57. The minimum Gasteiger partial charge on any atom is -0.270 e. The maximum Gasteiger partial charge on any atom is 0.288 e. The summed E-state index contributed by atoms with van der Waals surface area (Å²) in [5.41, 5.74) is 2.59. The Morgan fingerprint density at radius 1 is 0.969 bits per heavy atom. The van der Waals surface area contributed by atoms with Gasteiger partial charge in [0.05, 0.1) is 16.0 Å². The van der Waals surface area contributed by atoms with Crippen LogP contribution in [0.2, 0.25) is 0 Å². The van der Waals surface area contributed by atoms with Gasteiger partial charge in [-0.15, -0.1) is 21.5 Å². The predicted molar refractivity (Wildman–Crippen MR) is 126 cm³/mol. The number of hydrogen-bond acceptors (Lipinski definition) is 7. The number of thioether (sulfide) groups is 2. The maximum absolute atomic E-state index is 12.7. The third-order valence-corrected chi connectivity index (χ3v) is 7.42. The van der Waals surface area contributed by atoms with Crippen LogP contribution in [-0.2, 0) is 5.75 Å². The van der Waals surface area contributed by atoms with E-state index in [-0.39, 0.29) is 0 Å². The maximum atomic E-state index is 12.7. The number of alkyl halides is 2. The quantitative estimate of drug-likeness (QED) is 0.245. The summed E-state index contributed by atoms with van der Waals surface area (Å²) in [7, 11) is 0. The topological polar surface area (TPSA) is 56.5 Å². The second kappa shape index (κ2) is 9.35. The van der Waals surface area contributed by atoms with Gasteiger partial charge >= 0.3 is 0 Å². The highest BCUT2D eigenvalue weighted by atomic mass is 32.2. The summed E-state index contributed by atoms with van der Waals surface area (Å²) >= 11 is 3.71. The summed E-state index contributed by atoms with van der Waals surface area (Å²) in [5.74, 6) is -1.18. The Hall–Kier alpha value is -2.82. The van der Waals surface area contributed by atoms with Gasteiger partial charge in [-0.1, -0.05) is 35.7 Å². The smallest absolute Gasteiger partial charge is 0.270 e. The number of aromatic nitrogens is 5. The van der Waals surface area contributed by atoms with Gasteiger partial charge in [0, 0.05) is 28.5 Å². The Morgan fingerprint density at radius 3 is 2.56 bits per heavy atom. The molecule has 3 heterocycles. The van der Waals surface area contributed by atoms with Gasteiger partial charge in [0.25, 0.3) is 5.76 Å². The number of halogens is 2. The average Bonchev–Trinajstić information content (AvgIpc) is 3.42. The first-order chi connectivity index (χ1) is 15.7. The van der Waals surface area contributed by atoms with Crippen LogP contribution in [0.1, 0.15) is 5.01 Å². The lowest BCUT2D eigenvalue weighted by atomic mass is 10.2. The van der Waals surface area contributed by atoms with Gasteiger partial charge in [-0.25, -0.2) is 4.98 Å². The van der Waals surface area contributed by atoms with Gasteiger partial charge in [0.2, 0.25) is 0 Å². The average molecular weight is 484 g/mol. The number of benzene rings is 2. The third-order valence-electron chi connectivity index (χ3n) is 4.54. The highest BCUT2D eigenvalue weighted by Gasteiger charge is 2.17. The molecule has 5 nitrogen and oxygen atoms in total. The van der Waals surface area contributed by atoms with Gasteiger partial charge in [-0.2, -0.15) is 8.78 Å². The molecule has 0 saturated heterocycles. The molecule has 32 heavy (non-hydrogen) atoms. The summed E-state index contributed by atoms with van der Waals surface area (Å²) in [6.45, 7) is 0. The summed E-state index contributed by atoms with van der Waals surface area (Å²) in [6.07, 6.45) is 3.42. The van der Waals surface area contributed by atoms with Gasteiger partial charge in [-0.3, -0.25) is 9.55 Å². The Bertz CT molecular complexity index is 1300. The molecule has 5 aromatic rings. The zero-order chi connectivity index (χ0) is 21.9. The molecule has 0 aliphatic rings. The van der Waals surface area contributed by atoms with Crippen LogP contribution < -0.4 is 0 Å². The Morgan fingerprint density at radius 2 is 1.81 bits per heavy atom. The van der Waals surface area contributed by atoms with Crippen molar-refractivity contribution in [2.75, 3.05) is 0 Å². The number of rotatable bonds is 7. The Kier molecular flexibility index (Phi) is 6.15. The lowest BCUT2D eigenvalue weighted by Crippen LogP contribution is -2.00. The second-order valence-corrected chi connectivity index (χ2v) is 9.74. The zero-order valence-electron chi connectivity index (χ0n) is 16.4. The molecule has 3 aromatic heterocycles. The van der Waals surface area contributed by atoms with E-state index in [1.807, 2.05) is 34.9 Å². The van der Waals surface area contributed by atoms with E-state index < -0.39 is 5.76 Å². The molecule has 0 aliphatic carbocycles. The first-order valence-corrected chi connectivity index (χ1v) is 12.2. The van der Waals surface area contributed by atoms with Gasteiger partial charge in [-0.05, 0) is 48.5 Å². The lowest BCUT2D eigenvalue weighted by molar-refractivity contribution is 0.252. The van der Waals surface area contributed by atoms with Crippen molar-refractivity contribution < 1.29 is 8.78 Å². The van der Waals surface area contributed by atoms with Crippen LogP contribution in [0.15, 0.2) is 83.1 Å². The highest BCUT2D eigenvalue weighted by Crippen LogP contribution is 2.33. The summed E-state index contributed by atoms with van der Waals surface area (Å²) in [5, 5.41) is 10.5. The van der Waals surface area contributed by atoms with Crippen molar-refractivity contribution in [3.8, 4) is 17.1 Å². The van der Waals surface area contributed by atoms with Crippen LogP contribution in [0.4, 0.5) is 8.78 Å². The molecule has 0 N–H and O–H groups in total. The normalized spacial score (nSPS) is 11.5. The van der Waals surface area contributed by atoms with E-state index in [0.29, 0.717) is 33.4 Å². The molecule has 0 spiro atoms. The lowest BCUT2D eigenvalue weighted by Gasteiger charge is -2.11. The van der Waals surface area contributed by atoms with Crippen molar-refractivity contribution in [2.24, 2.45) is 0 Å². The standard InChI is InChI=1S/C22H15F2N5S3/c23-21(24)31-16-9-7-15(8-10-16)29-20(14-4-3-11-25-12-14)27-28-22(29)30-13-19-26-17-5-1-2-6-18(17)32-19/h1-12,21H,13H2. The Balaban J connectivity index is 1.48. The van der Waals surface area contributed by atoms with E-state index in [2.05, 4.69) is 21.2 Å². The van der Waals surface area contributed by atoms with Crippen LogP contribution in [0.25, 0.3) is 27.3 Å². The molecule has 0 atom stereocenters. The molecule has 5 rings (SSSR count). The van der Waals surface area contributed by atoms with Crippen molar-refractivity contribution in [2.45, 2.75) is 21.6 Å². The number of pyridine rings is 1. The van der Waals surface area contributed by atoms with E-state index in [1.165, 1.54) is 11.8 Å². The van der Waals surface area contributed by atoms with Gasteiger partial charge < -0.3 is 0 Å². The zero-order valence-corrected chi connectivity index (χ0v) is 18.9. The van der Waals surface area contributed by atoms with E-state index in [4.69, 9.17) is 4.98 Å². The first-order valence-electron chi connectivity index (χ1n) is 9.56. The summed E-state index contributed by atoms with van der Waals surface area (Å²) in [6, 6.07) is 18.8. The van der Waals surface area contributed by atoms with Crippen molar-refractivity contribution in [3.05, 3.63) is 78.1 Å². The molecule has 0 aliphatic heterocycles. The largest absolute Gasteiger partial charge is 0.288 e. The van der Waals surface area contributed by atoms with Crippen molar-refractivity contribution in [1.29, 1.82) is 0 Å². The van der Waals surface area contributed by atoms with E-state index in [9.17, 15) is 8.78 Å². The monoisotopic (exact) mass is 483 g/mol. The molecule has 0 radical (unpaired) electrons. The summed E-state index contributed by atoms with van der Waals surface area (Å²) < 4.78 is 28.5. The van der Waals surface area contributed by atoms with Crippen molar-refractivity contribution in [1.82, 2.24) is 24.7 Å². The van der Waals surface area contributed by atoms with Gasteiger partial charge in [0.15, 0.2) is 11.0 Å². The summed E-state index contributed by atoms with van der Waals surface area (Å²) in [4.78, 5) is 9.38. The SMILES string of the molecule is FC(F)Sc1ccc(-n2c(SCc3nc4ccccc4s3)nnc2-c2cccnc2)cc1. The Labute approximate surface area is 194 Å². The molecule has 0 fully saturated rings. The number of nitrogens with zero attached hydrogens (tertiary/aromatic N) is 5. The molecule has 2 aromatic carbocycles. The highest BCUT2D eigenvalue weighted by molar-refractivity contribution is 7.99. The number of thiazole rings is 1. The van der Waals surface area contributed by atoms with Crippen molar-refractivity contribution >= 4 is 45.1 Å². The van der Waals surface area contributed by atoms with Crippen LogP contribution in [0, 0.1) is 0 Å². The van der Waals surface area contributed by atoms with Gasteiger partial charge in [0.1, 0.15) is 5.01 Å². The fourth-order valence-electron chi connectivity index (χ4n) is 3.16. The molecule has 0 saturated carbocycles.